The van der Waals surface area contributed by atoms with E-state index >= 15 is 0 Å². The summed E-state index contributed by atoms with van der Waals surface area (Å²) in [5.41, 5.74) is 5.38. The standard InChI is InChI=1S/C23H19ClO/c1-15(2)16-9-3-6-12-19(16)23(24)20-13-7-4-10-17(20)22(25)18-11-5-8-14-21(18)23/h3-15H,1-2H3. The average Bonchev–Trinajstić information content (AvgIpc) is 2.66. The molecule has 4 rings (SSSR count). The Kier molecular flexibility index (Phi) is 3.77. The summed E-state index contributed by atoms with van der Waals surface area (Å²) in [6.45, 7) is 4.34. The second-order valence-electron chi connectivity index (χ2n) is 6.82. The third-order valence-electron chi connectivity index (χ3n) is 5.04. The van der Waals surface area contributed by atoms with Gasteiger partial charge in [-0.05, 0) is 28.2 Å². The topological polar surface area (TPSA) is 17.1 Å². The van der Waals surface area contributed by atoms with Crippen LogP contribution in [0.1, 0.15) is 57.9 Å². The molecule has 0 saturated carbocycles. The van der Waals surface area contributed by atoms with Crippen LogP contribution in [0.3, 0.4) is 0 Å². The van der Waals surface area contributed by atoms with Gasteiger partial charge in [0, 0.05) is 11.1 Å². The molecule has 1 nitrogen and oxygen atoms in total. The summed E-state index contributed by atoms with van der Waals surface area (Å²) < 4.78 is 0. The van der Waals surface area contributed by atoms with Crippen molar-refractivity contribution in [1.82, 2.24) is 0 Å². The van der Waals surface area contributed by atoms with Crippen LogP contribution in [-0.4, -0.2) is 5.78 Å². The third kappa shape index (κ3) is 2.26. The van der Waals surface area contributed by atoms with Gasteiger partial charge in [-0.1, -0.05) is 86.6 Å². The summed E-state index contributed by atoms with van der Waals surface area (Å²) in [5.74, 6) is 0.383. The Bertz CT molecular complexity index is 922. The van der Waals surface area contributed by atoms with Gasteiger partial charge in [-0.15, -0.1) is 11.6 Å². The van der Waals surface area contributed by atoms with E-state index in [1.807, 2.05) is 60.7 Å². The van der Waals surface area contributed by atoms with Crippen LogP contribution in [0.25, 0.3) is 0 Å². The number of alkyl halides is 1. The van der Waals surface area contributed by atoms with Crippen molar-refractivity contribution in [2.45, 2.75) is 24.6 Å². The molecule has 0 amide bonds. The summed E-state index contributed by atoms with van der Waals surface area (Å²) >= 11 is 7.42. The molecular formula is C23H19ClO. The number of ketones is 1. The van der Waals surface area contributed by atoms with Gasteiger partial charge in [0.15, 0.2) is 5.78 Å². The van der Waals surface area contributed by atoms with Gasteiger partial charge in [0.2, 0.25) is 0 Å². The highest BCUT2D eigenvalue weighted by Crippen LogP contribution is 2.50. The van der Waals surface area contributed by atoms with Crippen molar-refractivity contribution in [3.8, 4) is 0 Å². The number of rotatable bonds is 2. The first kappa shape index (κ1) is 16.1. The first-order valence-electron chi connectivity index (χ1n) is 8.57. The van der Waals surface area contributed by atoms with E-state index in [9.17, 15) is 4.79 Å². The molecule has 0 radical (unpaired) electrons. The third-order valence-corrected chi connectivity index (χ3v) is 5.65. The molecule has 0 aliphatic heterocycles. The summed E-state index contributed by atoms with van der Waals surface area (Å²) in [6.07, 6.45) is 0. The fourth-order valence-corrected chi connectivity index (χ4v) is 4.36. The molecule has 3 aromatic carbocycles. The molecule has 0 fully saturated rings. The Balaban J connectivity index is 2.12. The van der Waals surface area contributed by atoms with E-state index < -0.39 is 4.87 Å². The molecule has 0 bridgehead atoms. The number of benzene rings is 3. The average molecular weight is 347 g/mol. The Labute approximate surface area is 153 Å². The lowest BCUT2D eigenvalue weighted by atomic mass is 9.71. The van der Waals surface area contributed by atoms with Gasteiger partial charge in [0.25, 0.3) is 0 Å². The summed E-state index contributed by atoms with van der Waals surface area (Å²) in [5, 5.41) is 0. The van der Waals surface area contributed by atoms with Crippen LogP contribution in [0.5, 0.6) is 0 Å². The monoisotopic (exact) mass is 346 g/mol. The fraction of sp³-hybridized carbons (Fsp3) is 0.174. The second-order valence-corrected chi connectivity index (χ2v) is 7.39. The number of hydrogen-bond donors (Lipinski definition) is 0. The zero-order chi connectivity index (χ0) is 17.6. The van der Waals surface area contributed by atoms with E-state index in [0.717, 1.165) is 16.7 Å². The lowest BCUT2D eigenvalue weighted by Gasteiger charge is -2.37. The molecule has 25 heavy (non-hydrogen) atoms. The molecule has 0 heterocycles. The summed E-state index contributed by atoms with van der Waals surface area (Å²) in [4.78, 5) is 12.1. The molecular weight excluding hydrogens is 328 g/mol. The fourth-order valence-electron chi connectivity index (χ4n) is 3.86. The predicted octanol–water partition coefficient (Wildman–Crippen LogP) is 5.89. The van der Waals surface area contributed by atoms with Crippen molar-refractivity contribution < 1.29 is 4.79 Å². The smallest absolute Gasteiger partial charge is 0.193 e. The minimum atomic E-state index is -0.859. The maximum absolute atomic E-state index is 13.0. The Morgan fingerprint density at radius 1 is 0.720 bits per heavy atom. The Hall–Kier alpha value is -2.38. The van der Waals surface area contributed by atoms with E-state index in [0.29, 0.717) is 17.0 Å². The maximum Gasteiger partial charge on any atom is 0.193 e. The van der Waals surface area contributed by atoms with Crippen LogP contribution in [0.2, 0.25) is 0 Å². The predicted molar refractivity (Wildman–Crippen MR) is 103 cm³/mol. The molecule has 0 atom stereocenters. The molecule has 0 unspecified atom stereocenters. The summed E-state index contributed by atoms with van der Waals surface area (Å²) in [7, 11) is 0. The van der Waals surface area contributed by atoms with E-state index in [1.165, 1.54) is 5.56 Å². The molecule has 3 aromatic rings. The van der Waals surface area contributed by atoms with E-state index in [-0.39, 0.29) is 5.78 Å². The van der Waals surface area contributed by atoms with Gasteiger partial charge in [0.1, 0.15) is 4.87 Å². The van der Waals surface area contributed by atoms with Crippen LogP contribution in [0, 0.1) is 0 Å². The number of hydrogen-bond acceptors (Lipinski definition) is 1. The SMILES string of the molecule is CC(C)c1ccccc1C1(Cl)c2ccccc2C(=O)c2ccccc21. The molecule has 0 saturated heterocycles. The van der Waals surface area contributed by atoms with Gasteiger partial charge in [-0.3, -0.25) is 4.79 Å². The number of fused-ring (bicyclic) bond motifs is 2. The lowest BCUT2D eigenvalue weighted by Crippen LogP contribution is -2.33. The van der Waals surface area contributed by atoms with Crippen molar-refractivity contribution in [1.29, 1.82) is 0 Å². The molecule has 0 aromatic heterocycles. The number of carbonyl (C=O) groups excluding carboxylic acids is 1. The van der Waals surface area contributed by atoms with E-state index in [1.54, 1.807) is 0 Å². The molecule has 1 aliphatic carbocycles. The number of carbonyl (C=O) groups is 1. The number of halogens is 1. The van der Waals surface area contributed by atoms with Gasteiger partial charge in [0.05, 0.1) is 0 Å². The van der Waals surface area contributed by atoms with Crippen LogP contribution in [0.15, 0.2) is 72.8 Å². The van der Waals surface area contributed by atoms with Crippen molar-refractivity contribution in [2.24, 2.45) is 0 Å². The quantitative estimate of drug-likeness (QED) is 0.529. The van der Waals surface area contributed by atoms with Gasteiger partial charge < -0.3 is 0 Å². The highest BCUT2D eigenvalue weighted by atomic mass is 35.5. The zero-order valence-electron chi connectivity index (χ0n) is 14.3. The normalized spacial score (nSPS) is 15.0. The first-order chi connectivity index (χ1) is 12.0. The molecule has 1 aliphatic rings. The largest absolute Gasteiger partial charge is 0.289 e. The van der Waals surface area contributed by atoms with Crippen molar-refractivity contribution in [2.75, 3.05) is 0 Å². The van der Waals surface area contributed by atoms with Gasteiger partial charge in [-0.25, -0.2) is 0 Å². The van der Waals surface area contributed by atoms with Gasteiger partial charge in [-0.2, -0.15) is 0 Å². The van der Waals surface area contributed by atoms with E-state index in [4.69, 9.17) is 11.6 Å². The highest BCUT2D eigenvalue weighted by Gasteiger charge is 2.44. The van der Waals surface area contributed by atoms with Crippen LogP contribution in [-0.2, 0) is 4.87 Å². The van der Waals surface area contributed by atoms with E-state index in [2.05, 4.69) is 26.0 Å². The zero-order valence-corrected chi connectivity index (χ0v) is 15.0. The second kappa shape index (κ2) is 5.86. The van der Waals surface area contributed by atoms with Crippen molar-refractivity contribution >= 4 is 17.4 Å². The minimum absolute atomic E-state index is 0.0458. The molecule has 2 heteroatoms. The van der Waals surface area contributed by atoms with Gasteiger partial charge >= 0.3 is 0 Å². The highest BCUT2D eigenvalue weighted by molar-refractivity contribution is 6.32. The van der Waals surface area contributed by atoms with Crippen LogP contribution >= 0.6 is 11.6 Å². The van der Waals surface area contributed by atoms with Crippen molar-refractivity contribution in [3.05, 3.63) is 106 Å². The summed E-state index contributed by atoms with van der Waals surface area (Å²) in [6, 6.07) is 23.7. The lowest BCUT2D eigenvalue weighted by molar-refractivity contribution is 0.103. The Morgan fingerprint density at radius 3 is 1.68 bits per heavy atom. The van der Waals surface area contributed by atoms with Crippen LogP contribution < -0.4 is 0 Å². The first-order valence-corrected chi connectivity index (χ1v) is 8.95. The maximum atomic E-state index is 13.0. The minimum Gasteiger partial charge on any atom is -0.289 e. The molecule has 0 spiro atoms. The molecule has 0 N–H and O–H groups in total. The molecule has 124 valence electrons. The van der Waals surface area contributed by atoms with Crippen LogP contribution in [0.4, 0.5) is 0 Å². The Morgan fingerprint density at radius 2 is 1.16 bits per heavy atom. The van der Waals surface area contributed by atoms with Crippen molar-refractivity contribution in [3.63, 3.8) is 0 Å².